The second kappa shape index (κ2) is 9.40. The lowest BCUT2D eigenvalue weighted by atomic mass is 10.1. The number of likely N-dealkylation sites (N-methyl/N-ethyl adjacent to an activating group) is 1. The first-order chi connectivity index (χ1) is 13.6. The Labute approximate surface area is 169 Å². The highest BCUT2D eigenvalue weighted by molar-refractivity contribution is 5.99. The molecular weight excluding hydrogens is 378 g/mol. The van der Waals surface area contributed by atoms with Gasteiger partial charge in [0.2, 0.25) is 11.8 Å². The molecule has 1 heterocycles. The molecule has 1 aliphatic heterocycles. The largest absolute Gasteiger partial charge is 0.491 e. The first kappa shape index (κ1) is 22.2. The number of amides is 3. The van der Waals surface area contributed by atoms with Gasteiger partial charge in [-0.25, -0.2) is 0 Å². The van der Waals surface area contributed by atoms with Crippen LogP contribution in [-0.4, -0.2) is 67.5 Å². The van der Waals surface area contributed by atoms with Crippen molar-refractivity contribution in [2.75, 3.05) is 38.3 Å². The fourth-order valence-electron chi connectivity index (χ4n) is 2.68. The van der Waals surface area contributed by atoms with Crippen LogP contribution in [0.5, 0.6) is 5.75 Å². The minimum absolute atomic E-state index is 0.131. The summed E-state index contributed by atoms with van der Waals surface area (Å²) in [4.78, 5) is 51.0. The van der Waals surface area contributed by atoms with Gasteiger partial charge in [0.15, 0.2) is 6.61 Å². The van der Waals surface area contributed by atoms with E-state index in [1.54, 1.807) is 24.3 Å². The molecule has 29 heavy (non-hydrogen) atoms. The molecular formula is C20H27N3O6. The van der Waals surface area contributed by atoms with Crippen molar-refractivity contribution < 1.29 is 28.7 Å². The average Bonchev–Trinajstić information content (AvgIpc) is 2.77. The number of anilines is 1. The highest BCUT2D eigenvalue weighted by atomic mass is 16.5. The van der Waals surface area contributed by atoms with Crippen molar-refractivity contribution in [3.05, 3.63) is 24.3 Å². The summed E-state index contributed by atoms with van der Waals surface area (Å²) in [7, 11) is 1.45. The van der Waals surface area contributed by atoms with Gasteiger partial charge >= 0.3 is 5.97 Å². The Balaban J connectivity index is 1.88. The maximum Gasteiger partial charge on any atom is 0.326 e. The van der Waals surface area contributed by atoms with Crippen molar-refractivity contribution >= 4 is 29.4 Å². The molecule has 158 valence electrons. The number of hydrogen-bond donors (Lipinski definition) is 1. The lowest BCUT2D eigenvalue weighted by Gasteiger charge is -2.23. The number of esters is 1. The summed E-state index contributed by atoms with van der Waals surface area (Å²) in [5, 5.41) is 2.75. The Morgan fingerprint density at radius 2 is 1.93 bits per heavy atom. The number of carbonyl (C=O) groups excluding carboxylic acids is 4. The average molecular weight is 405 g/mol. The summed E-state index contributed by atoms with van der Waals surface area (Å²) in [6, 6.07) is 6.90. The molecule has 0 fully saturated rings. The molecule has 0 bridgehead atoms. The fraction of sp³-hybridized carbons (Fsp3) is 0.500. The van der Waals surface area contributed by atoms with Crippen molar-refractivity contribution in [3.63, 3.8) is 0 Å². The lowest BCUT2D eigenvalue weighted by Crippen LogP contribution is -2.47. The van der Waals surface area contributed by atoms with Crippen LogP contribution in [0.4, 0.5) is 5.69 Å². The van der Waals surface area contributed by atoms with Crippen LogP contribution in [0.1, 0.15) is 27.2 Å². The van der Waals surface area contributed by atoms with Crippen molar-refractivity contribution in [2.45, 2.75) is 32.7 Å². The van der Waals surface area contributed by atoms with Gasteiger partial charge in [0.1, 0.15) is 12.3 Å². The maximum atomic E-state index is 12.3. The zero-order chi connectivity index (χ0) is 21.6. The number of para-hydroxylation sites is 2. The zero-order valence-corrected chi connectivity index (χ0v) is 17.2. The first-order valence-corrected chi connectivity index (χ1v) is 9.29. The molecule has 0 radical (unpaired) electrons. The number of nitrogens with zero attached hydrogens (tertiary/aromatic N) is 2. The van der Waals surface area contributed by atoms with Crippen molar-refractivity contribution in [1.29, 1.82) is 0 Å². The third-order valence-electron chi connectivity index (χ3n) is 4.00. The molecule has 0 spiro atoms. The van der Waals surface area contributed by atoms with Crippen molar-refractivity contribution in [1.82, 2.24) is 10.2 Å². The number of ether oxygens (including phenoxy) is 2. The minimum Gasteiger partial charge on any atom is -0.491 e. The van der Waals surface area contributed by atoms with Crippen LogP contribution in [-0.2, 0) is 23.9 Å². The Bertz CT molecular complexity index is 787. The van der Waals surface area contributed by atoms with E-state index in [1.165, 1.54) is 16.8 Å². The van der Waals surface area contributed by atoms with Crippen molar-refractivity contribution in [3.8, 4) is 5.75 Å². The molecule has 9 heteroatoms. The summed E-state index contributed by atoms with van der Waals surface area (Å²) < 4.78 is 10.5. The van der Waals surface area contributed by atoms with E-state index in [-0.39, 0.29) is 37.9 Å². The predicted molar refractivity (Wildman–Crippen MR) is 105 cm³/mol. The standard InChI is InChI=1S/C20H27N3O6/c1-20(2,3)21-16(24)11-22(4)18(26)13-29-19(27)12-23-14-7-5-6-8-15(14)28-10-9-17(23)25/h5-8H,9-13H2,1-4H3,(H,21,24). The lowest BCUT2D eigenvalue weighted by molar-refractivity contribution is -0.151. The highest BCUT2D eigenvalue weighted by Gasteiger charge is 2.26. The molecule has 0 atom stereocenters. The predicted octanol–water partition coefficient (Wildman–Crippen LogP) is 0.718. The summed E-state index contributed by atoms with van der Waals surface area (Å²) in [5.74, 6) is -1.32. The van der Waals surface area contributed by atoms with Crippen molar-refractivity contribution in [2.24, 2.45) is 0 Å². The number of benzene rings is 1. The van der Waals surface area contributed by atoms with Crippen LogP contribution in [0.15, 0.2) is 24.3 Å². The zero-order valence-electron chi connectivity index (χ0n) is 17.2. The molecule has 0 aliphatic carbocycles. The van der Waals surface area contributed by atoms with E-state index in [4.69, 9.17) is 9.47 Å². The Hall–Kier alpha value is -3.10. The van der Waals surface area contributed by atoms with Gasteiger partial charge in [-0.1, -0.05) is 12.1 Å². The van der Waals surface area contributed by atoms with Gasteiger partial charge in [-0.15, -0.1) is 0 Å². The Morgan fingerprint density at radius 1 is 1.24 bits per heavy atom. The molecule has 0 aromatic heterocycles. The topological polar surface area (TPSA) is 105 Å². The van der Waals surface area contributed by atoms with E-state index in [0.717, 1.165) is 0 Å². The van der Waals surface area contributed by atoms with E-state index in [2.05, 4.69) is 5.32 Å². The van der Waals surface area contributed by atoms with Gasteiger partial charge in [-0.05, 0) is 32.9 Å². The number of nitrogens with one attached hydrogen (secondary N) is 1. The molecule has 1 aliphatic rings. The molecule has 1 N–H and O–H groups in total. The van der Waals surface area contributed by atoms with Gasteiger partial charge < -0.3 is 19.7 Å². The SMILES string of the molecule is CN(CC(=O)NC(C)(C)C)C(=O)COC(=O)CN1C(=O)CCOc2ccccc21. The summed E-state index contributed by atoms with van der Waals surface area (Å²) in [6.07, 6.45) is 0.131. The normalized spacial score (nSPS) is 13.7. The van der Waals surface area contributed by atoms with Crippen LogP contribution in [0.2, 0.25) is 0 Å². The molecule has 9 nitrogen and oxygen atoms in total. The summed E-state index contributed by atoms with van der Waals surface area (Å²) >= 11 is 0. The number of rotatable bonds is 6. The molecule has 2 rings (SSSR count). The number of carbonyl (C=O) groups is 4. The molecule has 0 unspecified atom stereocenters. The van der Waals surface area contributed by atoms with Gasteiger partial charge in [0, 0.05) is 12.6 Å². The molecule has 0 saturated carbocycles. The summed E-state index contributed by atoms with van der Waals surface area (Å²) in [6.45, 7) is 4.73. The first-order valence-electron chi connectivity index (χ1n) is 9.29. The monoisotopic (exact) mass is 405 g/mol. The van der Waals surface area contributed by atoms with Gasteiger partial charge in [-0.2, -0.15) is 0 Å². The van der Waals surface area contributed by atoms with E-state index < -0.39 is 24.0 Å². The van der Waals surface area contributed by atoms with Crippen LogP contribution in [0.3, 0.4) is 0 Å². The second-order valence-electron chi connectivity index (χ2n) is 7.75. The van der Waals surface area contributed by atoms with Crippen LogP contribution >= 0.6 is 0 Å². The third kappa shape index (κ3) is 6.78. The minimum atomic E-state index is -0.726. The Kier molecular flexibility index (Phi) is 7.19. The molecule has 1 aromatic rings. The van der Waals surface area contributed by atoms with Crippen LogP contribution in [0.25, 0.3) is 0 Å². The third-order valence-corrected chi connectivity index (χ3v) is 4.00. The van der Waals surface area contributed by atoms with Gasteiger partial charge in [0.25, 0.3) is 5.91 Å². The van der Waals surface area contributed by atoms with Gasteiger partial charge in [-0.3, -0.25) is 24.1 Å². The molecule has 1 aromatic carbocycles. The van der Waals surface area contributed by atoms with E-state index in [0.29, 0.717) is 11.4 Å². The van der Waals surface area contributed by atoms with E-state index in [9.17, 15) is 19.2 Å². The number of fused-ring (bicyclic) bond motifs is 1. The van der Waals surface area contributed by atoms with Gasteiger partial charge in [0.05, 0.1) is 25.3 Å². The molecule has 0 saturated heterocycles. The van der Waals surface area contributed by atoms with Crippen LogP contribution in [0, 0.1) is 0 Å². The second-order valence-corrected chi connectivity index (χ2v) is 7.75. The quantitative estimate of drug-likeness (QED) is 0.699. The van der Waals surface area contributed by atoms with E-state index in [1.807, 2.05) is 20.8 Å². The smallest absolute Gasteiger partial charge is 0.326 e. The Morgan fingerprint density at radius 3 is 2.62 bits per heavy atom. The molecule has 3 amide bonds. The number of hydrogen-bond acceptors (Lipinski definition) is 6. The van der Waals surface area contributed by atoms with Crippen LogP contribution < -0.4 is 15.0 Å². The highest BCUT2D eigenvalue weighted by Crippen LogP contribution is 2.30. The fourth-order valence-corrected chi connectivity index (χ4v) is 2.68. The van der Waals surface area contributed by atoms with E-state index >= 15 is 0 Å². The maximum absolute atomic E-state index is 12.3. The summed E-state index contributed by atoms with van der Waals surface area (Å²) in [5.41, 5.74) is 0.0712.